The smallest absolute Gasteiger partial charge is 0.308 e. The zero-order valence-corrected chi connectivity index (χ0v) is 29.0. The minimum absolute atomic E-state index is 0.0585. The molecule has 2 amide bonds. The molecule has 274 valence electrons. The number of alkyl halides is 6. The fourth-order valence-corrected chi connectivity index (χ4v) is 7.75. The molecule has 8 aromatic rings. The lowest BCUT2D eigenvalue weighted by atomic mass is 9.95. The SMILES string of the molecule is O=C1c2cccc(-n3c4ccccc4c4cc(-c5ccc(C(F)(F)F)cc5C(F)(F)F)ccc43)c2C(=O)N1c1c(-c2ccccc2)cccc1-c1ccccc1. The standard InChI is InChI=1S/C46H26F6N2O2/c47-45(48,49)30-22-23-31(37(26-30)46(50,51)52)29-21-24-39-36(25-29)34-15-7-8-19-38(34)53(39)40-20-10-18-35-41(40)44(56)54(43(35)55)42-32(27-11-3-1-4-12-27)16-9-17-33(42)28-13-5-2-6-14-28/h1-26H. The summed E-state index contributed by atoms with van der Waals surface area (Å²) in [5, 5.41) is 1.12. The van der Waals surface area contributed by atoms with Crippen molar-refractivity contribution < 1.29 is 35.9 Å². The van der Waals surface area contributed by atoms with Crippen LogP contribution in [0.15, 0.2) is 158 Å². The molecule has 0 radical (unpaired) electrons. The summed E-state index contributed by atoms with van der Waals surface area (Å²) < 4.78 is 85.0. The number of amides is 2. The van der Waals surface area contributed by atoms with Crippen LogP contribution < -0.4 is 4.90 Å². The Bertz CT molecular complexity index is 2820. The summed E-state index contributed by atoms with van der Waals surface area (Å²) in [5.41, 5.74) is 2.03. The van der Waals surface area contributed by atoms with Crippen molar-refractivity contribution in [3.8, 4) is 39.1 Å². The van der Waals surface area contributed by atoms with Gasteiger partial charge >= 0.3 is 12.4 Å². The van der Waals surface area contributed by atoms with Crippen LogP contribution in [0.1, 0.15) is 31.8 Å². The van der Waals surface area contributed by atoms with E-state index in [9.17, 15) is 35.9 Å². The lowest BCUT2D eigenvalue weighted by Gasteiger charge is -2.23. The van der Waals surface area contributed by atoms with Gasteiger partial charge in [-0.05, 0) is 64.7 Å². The van der Waals surface area contributed by atoms with Crippen LogP contribution in [-0.4, -0.2) is 16.4 Å². The van der Waals surface area contributed by atoms with Gasteiger partial charge in [-0.3, -0.25) is 9.59 Å². The second-order valence-corrected chi connectivity index (χ2v) is 13.4. The largest absolute Gasteiger partial charge is 0.417 e. The van der Waals surface area contributed by atoms with Gasteiger partial charge in [0.1, 0.15) is 0 Å². The molecule has 0 fully saturated rings. The second-order valence-electron chi connectivity index (χ2n) is 13.4. The minimum atomic E-state index is -5.07. The molecule has 1 aliphatic heterocycles. The van der Waals surface area contributed by atoms with E-state index in [1.165, 1.54) is 17.0 Å². The maximum atomic E-state index is 14.9. The highest BCUT2D eigenvalue weighted by atomic mass is 19.4. The van der Waals surface area contributed by atoms with Crippen LogP contribution in [0, 0.1) is 0 Å². The van der Waals surface area contributed by atoms with E-state index in [1.807, 2.05) is 78.9 Å². The molecule has 0 N–H and O–H groups in total. The summed E-state index contributed by atoms with van der Waals surface area (Å²) in [6.07, 6.45) is -10.0. The van der Waals surface area contributed by atoms with Gasteiger partial charge in [-0.2, -0.15) is 26.3 Å². The van der Waals surface area contributed by atoms with Crippen LogP contribution in [0.25, 0.3) is 60.9 Å². The van der Waals surface area contributed by atoms with Crippen LogP contribution in [-0.2, 0) is 12.4 Å². The first-order chi connectivity index (χ1) is 26.9. The van der Waals surface area contributed by atoms with Gasteiger partial charge in [0.05, 0.1) is 44.7 Å². The number of aromatic nitrogens is 1. The molecule has 1 aliphatic rings. The quantitative estimate of drug-likeness (QED) is 0.130. The van der Waals surface area contributed by atoms with E-state index in [4.69, 9.17) is 0 Å². The van der Waals surface area contributed by atoms with Gasteiger partial charge in [-0.1, -0.05) is 115 Å². The van der Waals surface area contributed by atoms with Gasteiger partial charge in [-0.25, -0.2) is 4.90 Å². The van der Waals surface area contributed by atoms with Crippen molar-refractivity contribution in [3.05, 3.63) is 180 Å². The number of halogens is 6. The van der Waals surface area contributed by atoms with E-state index < -0.39 is 40.9 Å². The molecule has 0 saturated carbocycles. The zero-order chi connectivity index (χ0) is 38.9. The molecule has 0 bridgehead atoms. The van der Waals surface area contributed by atoms with Crippen LogP contribution in [0.4, 0.5) is 32.0 Å². The Hall–Kier alpha value is -6.94. The first kappa shape index (κ1) is 34.8. The molecule has 10 heteroatoms. The summed E-state index contributed by atoms with van der Waals surface area (Å²) in [6.45, 7) is 0. The molecule has 0 atom stereocenters. The van der Waals surface area contributed by atoms with Gasteiger partial charge in [0, 0.05) is 21.9 Å². The summed E-state index contributed by atoms with van der Waals surface area (Å²) in [5.74, 6) is -1.07. The van der Waals surface area contributed by atoms with E-state index >= 15 is 0 Å². The molecule has 0 saturated heterocycles. The Morgan fingerprint density at radius 3 is 1.66 bits per heavy atom. The average Bonchev–Trinajstić information content (AvgIpc) is 3.67. The van der Waals surface area contributed by atoms with Crippen molar-refractivity contribution in [2.24, 2.45) is 0 Å². The van der Waals surface area contributed by atoms with Crippen molar-refractivity contribution in [1.82, 2.24) is 4.57 Å². The number of imide groups is 1. The fourth-order valence-electron chi connectivity index (χ4n) is 7.75. The van der Waals surface area contributed by atoms with Gasteiger partial charge in [0.15, 0.2) is 0 Å². The van der Waals surface area contributed by atoms with Gasteiger partial charge in [-0.15, -0.1) is 0 Å². The Kier molecular flexibility index (Phi) is 7.98. The number of rotatable bonds is 5. The normalized spacial score (nSPS) is 13.2. The molecule has 9 rings (SSSR count). The van der Waals surface area contributed by atoms with Crippen molar-refractivity contribution in [3.63, 3.8) is 0 Å². The molecule has 4 nitrogen and oxygen atoms in total. The summed E-state index contributed by atoms with van der Waals surface area (Å²) in [7, 11) is 0. The van der Waals surface area contributed by atoms with Gasteiger partial charge in [0.2, 0.25) is 0 Å². The molecule has 0 unspecified atom stereocenters. The Balaban J connectivity index is 1.24. The number of carbonyl (C=O) groups is 2. The Labute approximate surface area is 315 Å². The predicted octanol–water partition coefficient (Wildman–Crippen LogP) is 12.6. The molecular weight excluding hydrogens is 727 g/mol. The second kappa shape index (κ2) is 12.8. The number of nitrogens with zero attached hydrogens (tertiary/aromatic N) is 2. The van der Waals surface area contributed by atoms with E-state index in [2.05, 4.69) is 0 Å². The molecule has 7 aromatic carbocycles. The third kappa shape index (κ3) is 5.56. The first-order valence-corrected chi connectivity index (χ1v) is 17.5. The number of carbonyl (C=O) groups excluding carboxylic acids is 2. The van der Waals surface area contributed by atoms with E-state index in [0.717, 1.165) is 17.2 Å². The molecule has 1 aromatic heterocycles. The van der Waals surface area contributed by atoms with Crippen molar-refractivity contribution >= 4 is 39.3 Å². The third-order valence-electron chi connectivity index (χ3n) is 10.2. The maximum Gasteiger partial charge on any atom is 0.417 e. The lowest BCUT2D eigenvalue weighted by Crippen LogP contribution is -2.30. The molecule has 2 heterocycles. The average molecular weight is 753 g/mol. The number of fused-ring (bicyclic) bond motifs is 4. The van der Waals surface area contributed by atoms with Crippen LogP contribution in [0.5, 0.6) is 0 Å². The lowest BCUT2D eigenvalue weighted by molar-refractivity contribution is -0.142. The van der Waals surface area contributed by atoms with Gasteiger partial charge < -0.3 is 4.57 Å². The van der Waals surface area contributed by atoms with Crippen molar-refractivity contribution in [2.45, 2.75) is 12.4 Å². The summed E-state index contributed by atoms with van der Waals surface area (Å²) in [4.78, 5) is 30.7. The first-order valence-electron chi connectivity index (χ1n) is 17.5. The molecular formula is C46H26F6N2O2. The number of hydrogen-bond acceptors (Lipinski definition) is 2. The molecule has 56 heavy (non-hydrogen) atoms. The van der Waals surface area contributed by atoms with Crippen LogP contribution >= 0.6 is 0 Å². The summed E-state index contributed by atoms with van der Waals surface area (Å²) in [6, 6.07) is 42.7. The summed E-state index contributed by atoms with van der Waals surface area (Å²) >= 11 is 0. The number of anilines is 1. The Morgan fingerprint density at radius 1 is 0.429 bits per heavy atom. The van der Waals surface area contributed by atoms with E-state index in [1.54, 1.807) is 53.1 Å². The van der Waals surface area contributed by atoms with Crippen LogP contribution in [0.2, 0.25) is 0 Å². The molecule has 0 aliphatic carbocycles. The number of hydrogen-bond donors (Lipinski definition) is 0. The monoisotopic (exact) mass is 752 g/mol. The van der Waals surface area contributed by atoms with E-state index in [-0.39, 0.29) is 22.8 Å². The highest BCUT2D eigenvalue weighted by Crippen LogP contribution is 2.46. The van der Waals surface area contributed by atoms with Crippen LogP contribution in [0.3, 0.4) is 0 Å². The van der Waals surface area contributed by atoms with Crippen molar-refractivity contribution in [1.29, 1.82) is 0 Å². The topological polar surface area (TPSA) is 42.3 Å². The fraction of sp³-hybridized carbons (Fsp3) is 0.0435. The number of para-hydroxylation sites is 2. The van der Waals surface area contributed by atoms with E-state index in [0.29, 0.717) is 50.4 Å². The minimum Gasteiger partial charge on any atom is -0.308 e. The third-order valence-corrected chi connectivity index (χ3v) is 10.2. The number of benzene rings is 7. The maximum absolute atomic E-state index is 14.9. The molecule has 0 spiro atoms. The zero-order valence-electron chi connectivity index (χ0n) is 29.0. The highest BCUT2D eigenvalue weighted by Gasteiger charge is 2.42. The Morgan fingerprint density at radius 2 is 1.02 bits per heavy atom. The highest BCUT2D eigenvalue weighted by molar-refractivity contribution is 6.37. The van der Waals surface area contributed by atoms with Gasteiger partial charge in [0.25, 0.3) is 11.8 Å². The van der Waals surface area contributed by atoms with Crippen molar-refractivity contribution in [2.75, 3.05) is 4.90 Å². The predicted molar refractivity (Wildman–Crippen MR) is 205 cm³/mol.